The molecule has 7 rings (SSSR count). The van der Waals surface area contributed by atoms with Gasteiger partial charge in [0.15, 0.2) is 0 Å². The molecule has 4 aromatic rings. The quantitative estimate of drug-likeness (QED) is 0.203. The lowest BCUT2D eigenvalue weighted by Crippen LogP contribution is -2.45. The van der Waals surface area contributed by atoms with Gasteiger partial charge >= 0.3 is 18.3 Å². The highest BCUT2D eigenvalue weighted by atomic mass is 19.4. The van der Waals surface area contributed by atoms with Gasteiger partial charge in [0.2, 0.25) is 5.89 Å². The summed E-state index contributed by atoms with van der Waals surface area (Å²) in [4.78, 5) is 13.4. The molecule has 2 aromatic carbocycles. The number of anilines is 1. The number of carboxylic acids is 1. The third kappa shape index (κ3) is 5.49. The van der Waals surface area contributed by atoms with Crippen LogP contribution in [-0.4, -0.2) is 51.0 Å². The Balaban J connectivity index is 1.07. The number of aromatic nitrogens is 3. The van der Waals surface area contributed by atoms with Crippen LogP contribution in [0.4, 0.5) is 23.6 Å². The Morgan fingerprint density at radius 3 is 2.50 bits per heavy atom. The highest BCUT2D eigenvalue weighted by Crippen LogP contribution is 2.46. The summed E-state index contributed by atoms with van der Waals surface area (Å²) in [5.74, 6) is -1.74. The van der Waals surface area contributed by atoms with Gasteiger partial charge in [0, 0.05) is 34.7 Å². The smallest absolute Gasteiger partial charge is 0.478 e. The van der Waals surface area contributed by atoms with Crippen molar-refractivity contribution in [1.29, 1.82) is 0 Å². The van der Waals surface area contributed by atoms with Crippen LogP contribution in [0.25, 0.3) is 22.7 Å². The maximum atomic E-state index is 13.9. The van der Waals surface area contributed by atoms with Gasteiger partial charge < -0.3 is 28.4 Å². The minimum Gasteiger partial charge on any atom is -0.478 e. The number of carbonyl (C=O) groups is 1. The number of hydrogen-bond donors (Lipinski definition) is 1. The summed E-state index contributed by atoms with van der Waals surface area (Å²) < 4.78 is 75.4. The Bertz CT molecular complexity index is 1690. The number of ether oxygens (including phenoxy) is 2. The van der Waals surface area contributed by atoms with Gasteiger partial charge in [0.25, 0.3) is 0 Å². The van der Waals surface area contributed by atoms with E-state index in [0.717, 1.165) is 37.8 Å². The van der Waals surface area contributed by atoms with E-state index in [4.69, 9.17) is 13.7 Å². The molecule has 2 unspecified atom stereocenters. The van der Waals surface area contributed by atoms with Crippen molar-refractivity contribution in [2.24, 2.45) is 0 Å². The summed E-state index contributed by atoms with van der Waals surface area (Å²) in [6.45, 7) is 0.121. The Hall–Kier alpha value is -4.46. The van der Waals surface area contributed by atoms with Crippen molar-refractivity contribution in [3.8, 4) is 28.5 Å². The lowest BCUT2D eigenvalue weighted by molar-refractivity contribution is -0.274. The van der Waals surface area contributed by atoms with E-state index in [1.807, 2.05) is 0 Å². The molecule has 3 fully saturated rings. The predicted octanol–water partition coefficient (Wildman–Crippen LogP) is 6.72. The van der Waals surface area contributed by atoms with E-state index in [2.05, 4.69) is 25.0 Å². The number of rotatable bonds is 9. The fourth-order valence-corrected chi connectivity index (χ4v) is 6.25. The maximum absolute atomic E-state index is 13.9. The van der Waals surface area contributed by atoms with Crippen LogP contribution in [0, 0.1) is 5.82 Å². The molecule has 2 aliphatic heterocycles. The zero-order valence-corrected chi connectivity index (χ0v) is 23.1. The lowest BCUT2D eigenvalue weighted by Gasteiger charge is -2.37. The van der Waals surface area contributed by atoms with Gasteiger partial charge in [-0.3, -0.25) is 0 Å². The van der Waals surface area contributed by atoms with Gasteiger partial charge in [0.05, 0.1) is 18.3 Å². The molecular formula is C30H26F4N4O6. The molecule has 1 N–H and O–H groups in total. The van der Waals surface area contributed by atoms with E-state index in [0.29, 0.717) is 35.7 Å². The maximum Gasteiger partial charge on any atom is 0.573 e. The molecule has 0 spiro atoms. The van der Waals surface area contributed by atoms with E-state index in [-0.39, 0.29) is 53.6 Å². The van der Waals surface area contributed by atoms with Crippen LogP contribution in [0.5, 0.6) is 5.75 Å². The second-order valence-corrected chi connectivity index (χ2v) is 11.3. The first-order valence-corrected chi connectivity index (χ1v) is 14.2. The first-order valence-electron chi connectivity index (χ1n) is 14.2. The highest BCUT2D eigenvalue weighted by Gasteiger charge is 2.44. The Kier molecular flexibility index (Phi) is 7.03. The van der Waals surface area contributed by atoms with Crippen molar-refractivity contribution in [1.82, 2.24) is 15.4 Å². The Morgan fingerprint density at radius 2 is 1.80 bits per heavy atom. The Morgan fingerprint density at radius 1 is 1.05 bits per heavy atom. The van der Waals surface area contributed by atoms with E-state index in [9.17, 15) is 27.5 Å². The molecule has 2 atom stereocenters. The van der Waals surface area contributed by atoms with Gasteiger partial charge in [-0.05, 0) is 68.9 Å². The summed E-state index contributed by atoms with van der Waals surface area (Å²) in [5, 5.41) is 21.7. The van der Waals surface area contributed by atoms with Gasteiger partial charge in [0.1, 0.15) is 23.0 Å². The fraction of sp³-hybridized carbons (Fsp3) is 0.400. The molecule has 230 valence electrons. The number of alkyl halides is 3. The topological polar surface area (TPSA) is 124 Å². The van der Waals surface area contributed by atoms with Crippen LogP contribution in [0.1, 0.15) is 66.1 Å². The average Bonchev–Trinajstić information content (AvgIpc) is 3.44. The average molecular weight is 615 g/mol. The zero-order valence-electron chi connectivity index (χ0n) is 23.1. The number of hydrogen-bond acceptors (Lipinski definition) is 9. The van der Waals surface area contributed by atoms with Crippen molar-refractivity contribution in [3.05, 3.63) is 65.2 Å². The summed E-state index contributed by atoms with van der Waals surface area (Å²) >= 11 is 0. The number of halogens is 4. The van der Waals surface area contributed by atoms with Crippen LogP contribution >= 0.6 is 0 Å². The molecule has 2 saturated heterocycles. The van der Waals surface area contributed by atoms with Gasteiger partial charge in [-0.2, -0.15) is 0 Å². The zero-order chi connectivity index (χ0) is 30.6. The van der Waals surface area contributed by atoms with Gasteiger partial charge in [-0.1, -0.05) is 22.4 Å². The molecule has 1 aliphatic carbocycles. The number of benzene rings is 2. The van der Waals surface area contributed by atoms with Crippen molar-refractivity contribution in [2.45, 2.75) is 75.6 Å². The largest absolute Gasteiger partial charge is 0.573 e. The first-order chi connectivity index (χ1) is 21.1. The number of fused-ring (bicyclic) bond motifs is 2. The number of nitrogens with zero attached hydrogens (tertiary/aromatic N) is 4. The molecule has 10 nitrogen and oxygen atoms in total. The summed E-state index contributed by atoms with van der Waals surface area (Å²) in [6, 6.07) is 9.82. The summed E-state index contributed by atoms with van der Waals surface area (Å²) in [5.41, 5.74) is 0.890. The molecule has 3 aliphatic rings. The number of carboxylic acid groups (broad SMARTS) is 1. The molecule has 2 bridgehead atoms. The van der Waals surface area contributed by atoms with Crippen LogP contribution in [0.3, 0.4) is 0 Å². The van der Waals surface area contributed by atoms with Crippen molar-refractivity contribution in [3.63, 3.8) is 0 Å². The molecule has 0 radical (unpaired) electrons. The SMILES string of the molecule is O=C(O)c1cc(-c2nnc(N3C4CCC3CC(OCc3c(-c5ccccc5OC(F)(F)F)noc3C3CC3)C4)o2)ccc1F. The normalized spacial score (nSPS) is 21.5. The summed E-state index contributed by atoms with van der Waals surface area (Å²) in [6.07, 6.45) is -0.131. The van der Waals surface area contributed by atoms with Crippen molar-refractivity contribution >= 4 is 12.0 Å². The molecule has 4 heterocycles. The van der Waals surface area contributed by atoms with Crippen molar-refractivity contribution < 1.29 is 45.9 Å². The third-order valence-electron chi connectivity index (χ3n) is 8.37. The van der Waals surface area contributed by atoms with Crippen LogP contribution in [-0.2, 0) is 11.3 Å². The number of piperidine rings is 1. The monoisotopic (exact) mass is 614 g/mol. The van der Waals surface area contributed by atoms with Gasteiger partial charge in [-0.25, -0.2) is 9.18 Å². The Labute approximate surface area is 247 Å². The fourth-order valence-electron chi connectivity index (χ4n) is 6.25. The molecular weight excluding hydrogens is 588 g/mol. The van der Waals surface area contributed by atoms with E-state index in [1.165, 1.54) is 24.3 Å². The molecule has 44 heavy (non-hydrogen) atoms. The molecule has 0 amide bonds. The highest BCUT2D eigenvalue weighted by molar-refractivity contribution is 5.89. The van der Waals surface area contributed by atoms with Crippen molar-refractivity contribution in [2.75, 3.05) is 4.90 Å². The van der Waals surface area contributed by atoms with E-state index < -0.39 is 23.7 Å². The molecule has 1 saturated carbocycles. The minimum absolute atomic E-state index is 0.0422. The van der Waals surface area contributed by atoms with Crippen LogP contribution in [0.15, 0.2) is 51.4 Å². The minimum atomic E-state index is -4.86. The first kappa shape index (κ1) is 28.3. The van der Waals surface area contributed by atoms with E-state index in [1.54, 1.807) is 6.07 Å². The van der Waals surface area contributed by atoms with Crippen LogP contribution in [0.2, 0.25) is 0 Å². The second kappa shape index (κ2) is 10.9. The third-order valence-corrected chi connectivity index (χ3v) is 8.37. The molecule has 2 aromatic heterocycles. The standard InChI is InChI=1S/C30H26F4N4O6/c31-23-10-7-16(11-21(23)28(39)40)27-35-36-29(42-27)38-17-8-9-18(38)13-19(12-17)41-14-22-25(37-44-26(22)15-5-6-15)20-3-1-2-4-24(20)43-30(32,33)34/h1-4,7,10-11,15,17-19H,5-6,8-9,12-14H2,(H,39,40). The molecule has 14 heteroatoms. The lowest BCUT2D eigenvalue weighted by atomic mass is 9.99. The predicted molar refractivity (Wildman–Crippen MR) is 144 cm³/mol. The number of aromatic carboxylic acids is 1. The number of para-hydroxylation sites is 1. The summed E-state index contributed by atoms with van der Waals surface area (Å²) in [7, 11) is 0. The van der Waals surface area contributed by atoms with E-state index >= 15 is 0 Å². The van der Waals surface area contributed by atoms with Crippen LogP contribution < -0.4 is 9.64 Å². The second-order valence-electron chi connectivity index (χ2n) is 11.3. The van der Waals surface area contributed by atoms with Gasteiger partial charge in [-0.15, -0.1) is 18.3 Å².